The molecular weight excluding hydrogens is 792 g/mol. The number of ether oxygens (including phenoxy) is 2. The Morgan fingerprint density at radius 3 is 1.31 bits per heavy atom. The van der Waals surface area contributed by atoms with Crippen molar-refractivity contribution < 1.29 is 47.8 Å². The Morgan fingerprint density at radius 1 is 0.525 bits per heavy atom. The van der Waals surface area contributed by atoms with Crippen molar-refractivity contribution in [2.75, 3.05) is 26.4 Å². The van der Waals surface area contributed by atoms with Crippen LogP contribution in [-0.4, -0.2) is 65.7 Å². The molecule has 11 heteroatoms. The monoisotopic (exact) mass is 887 g/mol. The van der Waals surface area contributed by atoms with Crippen LogP contribution < -0.4 is 0 Å². The second kappa shape index (κ2) is 46.4. The Bertz CT molecular complexity index is 1070. The van der Waals surface area contributed by atoms with Crippen molar-refractivity contribution in [1.29, 1.82) is 0 Å². The van der Waals surface area contributed by atoms with Gasteiger partial charge in [0.1, 0.15) is 12.7 Å². The Hall–Kier alpha value is -1.55. The van der Waals surface area contributed by atoms with E-state index in [1.807, 2.05) is 6.08 Å². The van der Waals surface area contributed by atoms with Crippen molar-refractivity contribution in [3.05, 3.63) is 24.3 Å². The van der Waals surface area contributed by atoms with Crippen molar-refractivity contribution in [2.24, 2.45) is 0 Å². The smallest absolute Gasteiger partial charge is 0.462 e. The molecule has 0 aliphatic rings. The Morgan fingerprint density at radius 2 is 0.902 bits per heavy atom. The number of hydrogen-bond acceptors (Lipinski definition) is 9. The summed E-state index contributed by atoms with van der Waals surface area (Å²) in [6.07, 6.45) is 49.3. The number of unbranched alkanes of at least 4 members (excludes halogenated alkanes) is 33. The highest BCUT2D eigenvalue weighted by molar-refractivity contribution is 7.47. The molecule has 0 fully saturated rings. The van der Waals surface area contributed by atoms with Crippen molar-refractivity contribution in [2.45, 2.75) is 257 Å². The maximum Gasteiger partial charge on any atom is 0.472 e. The maximum absolute atomic E-state index is 12.5. The quantitative estimate of drug-likeness (QED) is 0.0177. The standard InChI is InChI=1S/C50H95O10P/c1-3-5-7-9-11-13-15-17-19-20-21-22-23-24-25-26-28-29-31-33-35-37-39-41-49(53)57-45-48(46-59-61(55,56)58-44-47(52)43-51)60-50(54)42-40-38-36-34-32-30-27-18-16-14-12-10-8-6-4-2/h36,38,40,42,47-48,51-52H,3-35,37,39,41,43-46H2,1-2H3,(H,55,56)/b38-36+,42-40+/t47-,48+/m1/s1. The molecule has 10 nitrogen and oxygen atoms in total. The van der Waals surface area contributed by atoms with Crippen molar-refractivity contribution in [1.82, 2.24) is 0 Å². The van der Waals surface area contributed by atoms with E-state index < -0.39 is 51.8 Å². The van der Waals surface area contributed by atoms with Gasteiger partial charge in [-0.15, -0.1) is 0 Å². The summed E-state index contributed by atoms with van der Waals surface area (Å²) >= 11 is 0. The number of phosphoric acid groups is 1. The van der Waals surface area contributed by atoms with Crippen LogP contribution in [0.4, 0.5) is 0 Å². The lowest BCUT2D eigenvalue weighted by Gasteiger charge is -2.19. The fraction of sp³-hybridized carbons (Fsp3) is 0.880. The topological polar surface area (TPSA) is 149 Å². The summed E-state index contributed by atoms with van der Waals surface area (Å²) in [7, 11) is -4.64. The molecule has 0 heterocycles. The summed E-state index contributed by atoms with van der Waals surface area (Å²) in [5.41, 5.74) is 0. The highest BCUT2D eigenvalue weighted by Crippen LogP contribution is 2.43. The van der Waals surface area contributed by atoms with E-state index in [4.69, 9.17) is 19.1 Å². The van der Waals surface area contributed by atoms with Crippen LogP contribution in [0, 0.1) is 0 Å². The summed E-state index contributed by atoms with van der Waals surface area (Å²) in [6, 6.07) is 0. The molecule has 61 heavy (non-hydrogen) atoms. The summed E-state index contributed by atoms with van der Waals surface area (Å²) in [4.78, 5) is 35.0. The minimum atomic E-state index is -4.64. The van der Waals surface area contributed by atoms with Crippen LogP contribution >= 0.6 is 7.82 Å². The Labute approximate surface area is 374 Å². The average Bonchev–Trinajstić information content (AvgIpc) is 3.25. The zero-order valence-corrected chi connectivity index (χ0v) is 40.3. The molecule has 0 spiro atoms. The molecule has 0 aliphatic heterocycles. The third kappa shape index (κ3) is 46.3. The van der Waals surface area contributed by atoms with E-state index in [0.29, 0.717) is 6.42 Å². The normalized spacial score (nSPS) is 13.9. The van der Waals surface area contributed by atoms with E-state index in [0.717, 1.165) is 32.1 Å². The van der Waals surface area contributed by atoms with Crippen molar-refractivity contribution >= 4 is 19.8 Å². The van der Waals surface area contributed by atoms with Gasteiger partial charge in [-0.1, -0.05) is 238 Å². The van der Waals surface area contributed by atoms with Gasteiger partial charge in [-0.05, 0) is 19.3 Å². The zero-order valence-electron chi connectivity index (χ0n) is 39.4. The molecule has 0 amide bonds. The molecule has 0 aromatic carbocycles. The second-order valence-corrected chi connectivity index (χ2v) is 18.7. The molecule has 3 atom stereocenters. The summed E-state index contributed by atoms with van der Waals surface area (Å²) in [6.45, 7) is 2.30. The minimum Gasteiger partial charge on any atom is -0.462 e. The first-order chi connectivity index (χ1) is 29.7. The van der Waals surface area contributed by atoms with Gasteiger partial charge in [-0.3, -0.25) is 13.8 Å². The van der Waals surface area contributed by atoms with Crippen LogP contribution in [0.3, 0.4) is 0 Å². The molecule has 0 rings (SSSR count). The van der Waals surface area contributed by atoms with E-state index in [9.17, 15) is 24.2 Å². The number of aliphatic hydroxyl groups excluding tert-OH is 2. The van der Waals surface area contributed by atoms with E-state index >= 15 is 0 Å². The first kappa shape index (κ1) is 59.5. The second-order valence-electron chi connectivity index (χ2n) is 17.3. The first-order valence-electron chi connectivity index (χ1n) is 25.3. The number of aliphatic hydroxyl groups is 2. The van der Waals surface area contributed by atoms with Gasteiger partial charge >= 0.3 is 19.8 Å². The summed E-state index contributed by atoms with van der Waals surface area (Å²) < 4.78 is 32.6. The van der Waals surface area contributed by atoms with Gasteiger partial charge in [0, 0.05) is 12.5 Å². The number of allylic oxidation sites excluding steroid dienone is 3. The molecule has 0 radical (unpaired) electrons. The molecule has 0 aliphatic carbocycles. The van der Waals surface area contributed by atoms with Crippen LogP contribution in [0.15, 0.2) is 24.3 Å². The van der Waals surface area contributed by atoms with Gasteiger partial charge < -0.3 is 24.6 Å². The van der Waals surface area contributed by atoms with Gasteiger partial charge in [0.2, 0.25) is 0 Å². The molecule has 0 bridgehead atoms. The van der Waals surface area contributed by atoms with Crippen molar-refractivity contribution in [3.63, 3.8) is 0 Å². The molecule has 360 valence electrons. The Kier molecular flexibility index (Phi) is 45.3. The van der Waals surface area contributed by atoms with Gasteiger partial charge in [0.15, 0.2) is 6.10 Å². The van der Waals surface area contributed by atoms with Crippen LogP contribution in [0.2, 0.25) is 0 Å². The molecule has 0 saturated carbocycles. The summed E-state index contributed by atoms with van der Waals surface area (Å²) in [5, 5.41) is 18.4. The minimum absolute atomic E-state index is 0.227. The van der Waals surface area contributed by atoms with E-state index in [2.05, 4.69) is 18.4 Å². The molecule has 1 unspecified atom stereocenters. The molecular formula is C50H95O10P. The van der Waals surface area contributed by atoms with Crippen LogP contribution in [0.25, 0.3) is 0 Å². The molecule has 0 saturated heterocycles. The average molecular weight is 887 g/mol. The summed E-state index contributed by atoms with van der Waals surface area (Å²) in [5.74, 6) is -1.16. The largest absolute Gasteiger partial charge is 0.472 e. The third-order valence-electron chi connectivity index (χ3n) is 11.2. The molecule has 3 N–H and O–H groups in total. The predicted molar refractivity (Wildman–Crippen MR) is 252 cm³/mol. The fourth-order valence-corrected chi connectivity index (χ4v) is 8.11. The SMILES string of the molecule is CCCCCCCCCCCCC/C=C/C=C/C(=O)O[C@@H](COC(=O)CCCCCCCCCCCCCCCCCCCCCCCCC)COP(=O)(O)OC[C@H](O)CO. The van der Waals surface area contributed by atoms with E-state index in [1.54, 1.807) is 12.2 Å². The first-order valence-corrected chi connectivity index (χ1v) is 26.8. The number of hydrogen-bond donors (Lipinski definition) is 3. The van der Waals surface area contributed by atoms with E-state index in [1.165, 1.54) is 192 Å². The highest BCUT2D eigenvalue weighted by atomic mass is 31.2. The van der Waals surface area contributed by atoms with Crippen LogP contribution in [0.5, 0.6) is 0 Å². The van der Waals surface area contributed by atoms with E-state index in [-0.39, 0.29) is 13.0 Å². The highest BCUT2D eigenvalue weighted by Gasteiger charge is 2.26. The molecule has 0 aromatic rings. The van der Waals surface area contributed by atoms with Gasteiger partial charge in [0.05, 0.1) is 19.8 Å². The lowest BCUT2D eigenvalue weighted by atomic mass is 10.0. The van der Waals surface area contributed by atoms with Crippen LogP contribution in [-0.2, 0) is 32.7 Å². The maximum atomic E-state index is 12.5. The number of carbonyl (C=O) groups excluding carboxylic acids is 2. The third-order valence-corrected chi connectivity index (χ3v) is 12.2. The Balaban J connectivity index is 4.17. The number of carbonyl (C=O) groups is 2. The predicted octanol–water partition coefficient (Wildman–Crippen LogP) is 14.1. The lowest BCUT2D eigenvalue weighted by molar-refractivity contribution is -0.157. The van der Waals surface area contributed by atoms with Gasteiger partial charge in [-0.2, -0.15) is 0 Å². The number of rotatable bonds is 48. The lowest BCUT2D eigenvalue weighted by Crippen LogP contribution is -2.29. The fourth-order valence-electron chi connectivity index (χ4n) is 7.32. The van der Waals surface area contributed by atoms with Crippen LogP contribution in [0.1, 0.15) is 245 Å². The van der Waals surface area contributed by atoms with Crippen molar-refractivity contribution in [3.8, 4) is 0 Å². The molecule has 0 aromatic heterocycles. The zero-order chi connectivity index (χ0) is 44.8. The van der Waals surface area contributed by atoms with Gasteiger partial charge in [0.25, 0.3) is 0 Å². The number of esters is 2. The van der Waals surface area contributed by atoms with Gasteiger partial charge in [-0.25, -0.2) is 9.36 Å². The number of phosphoric ester groups is 1.